The lowest BCUT2D eigenvalue weighted by Gasteiger charge is -2.50. The number of ether oxygens (including phenoxy) is 1. The zero-order chi connectivity index (χ0) is 30.5. The number of rotatable bonds is 10. The Kier molecular flexibility index (Phi) is 8.99. The lowest BCUT2D eigenvalue weighted by molar-refractivity contribution is -0.154. The minimum Gasteiger partial charge on any atom is -0.448 e. The number of carbonyl (C=O) groups is 3. The molecular weight excluding hydrogens is 597 g/mol. The number of thioether (sulfide) groups is 2. The fourth-order valence-electron chi connectivity index (χ4n) is 5.16. The van der Waals surface area contributed by atoms with Gasteiger partial charge in [0.15, 0.2) is 6.10 Å². The lowest BCUT2D eigenvalue weighted by atomic mass is 10.0. The van der Waals surface area contributed by atoms with Crippen LogP contribution in [0.2, 0.25) is 0 Å². The molecule has 0 radical (unpaired) electrons. The van der Waals surface area contributed by atoms with E-state index < -0.39 is 29.1 Å². The number of nitrogens with zero attached hydrogens (tertiary/aromatic N) is 1. The van der Waals surface area contributed by atoms with Crippen molar-refractivity contribution in [2.75, 3.05) is 11.5 Å². The highest BCUT2D eigenvalue weighted by Crippen LogP contribution is 2.42. The first kappa shape index (κ1) is 29.5. The molecule has 2 atom stereocenters. The van der Waals surface area contributed by atoms with Crippen molar-refractivity contribution in [3.63, 3.8) is 0 Å². The predicted octanol–water partition coefficient (Wildman–Crippen LogP) is 4.96. The van der Waals surface area contributed by atoms with E-state index in [1.165, 1.54) is 40.8 Å². The smallest absolute Gasteiger partial charge is 0.356 e. The summed E-state index contributed by atoms with van der Waals surface area (Å²) in [6.07, 6.45) is 0.775. The molecule has 10 heteroatoms. The normalized spacial score (nSPS) is 17.6. The Balaban J connectivity index is 1.27. The van der Waals surface area contributed by atoms with Crippen molar-refractivity contribution in [2.45, 2.75) is 28.8 Å². The number of esters is 1. The Hall–Kier alpha value is -4.54. The van der Waals surface area contributed by atoms with Gasteiger partial charge in [-0.15, -0.1) is 23.5 Å². The molecule has 0 bridgehead atoms. The number of benzene rings is 3. The SMILES string of the molecule is O=C(Cc1ccccc1)N[C@@H]1C(=O)N2C(C(=O)OC(c3ccccc3)c3ccccc3)=C(CSc3ccoc(=O)c3)CS[C@@H]12. The van der Waals surface area contributed by atoms with Gasteiger partial charge >= 0.3 is 11.6 Å². The van der Waals surface area contributed by atoms with Gasteiger partial charge in [0.2, 0.25) is 5.91 Å². The highest BCUT2D eigenvalue weighted by Gasteiger charge is 2.54. The van der Waals surface area contributed by atoms with Gasteiger partial charge in [0.1, 0.15) is 17.1 Å². The molecule has 0 spiro atoms. The molecule has 44 heavy (non-hydrogen) atoms. The number of carbonyl (C=O) groups excluding carboxylic acids is 3. The second-order valence-corrected chi connectivity index (χ2v) is 12.4. The average molecular weight is 625 g/mol. The van der Waals surface area contributed by atoms with Crippen LogP contribution in [0.1, 0.15) is 22.8 Å². The molecule has 0 unspecified atom stereocenters. The maximum absolute atomic E-state index is 14.1. The van der Waals surface area contributed by atoms with Crippen LogP contribution in [-0.4, -0.2) is 45.6 Å². The van der Waals surface area contributed by atoms with Crippen molar-refractivity contribution >= 4 is 41.3 Å². The van der Waals surface area contributed by atoms with Crippen molar-refractivity contribution in [1.82, 2.24) is 10.2 Å². The molecule has 2 aliphatic rings. The Labute approximate surface area is 262 Å². The fourth-order valence-corrected chi connectivity index (χ4v) is 7.55. The Morgan fingerprint density at radius 1 is 0.932 bits per heavy atom. The molecule has 4 aromatic rings. The van der Waals surface area contributed by atoms with Crippen LogP contribution < -0.4 is 10.9 Å². The number of fused-ring (bicyclic) bond motifs is 1. The standard InChI is InChI=1S/C34H28N2O6S2/c37-27(18-22-10-4-1-5-11-22)35-29-32(39)36-30(25(21-44-33(29)36)20-43-26-16-17-41-28(38)19-26)34(40)42-31(23-12-6-2-7-13-23)24-14-8-3-9-15-24/h1-17,19,29,31,33H,18,20-21H2,(H,35,37)/t29-,33+/m1/s1. The quantitative estimate of drug-likeness (QED) is 0.150. The molecular formula is C34H28N2O6S2. The van der Waals surface area contributed by atoms with E-state index in [0.717, 1.165) is 16.7 Å². The van der Waals surface area contributed by atoms with Crippen LogP contribution in [0.25, 0.3) is 0 Å². The predicted molar refractivity (Wildman–Crippen MR) is 169 cm³/mol. The summed E-state index contributed by atoms with van der Waals surface area (Å²) in [7, 11) is 0. The summed E-state index contributed by atoms with van der Waals surface area (Å²) in [5, 5.41) is 2.42. The summed E-state index contributed by atoms with van der Waals surface area (Å²) in [5.41, 5.74) is 2.85. The Morgan fingerprint density at radius 2 is 1.57 bits per heavy atom. The third kappa shape index (κ3) is 6.51. The lowest BCUT2D eigenvalue weighted by Crippen LogP contribution is -2.70. The van der Waals surface area contributed by atoms with Crippen LogP contribution in [0.5, 0.6) is 0 Å². The summed E-state index contributed by atoms with van der Waals surface area (Å²) >= 11 is 2.85. The summed E-state index contributed by atoms with van der Waals surface area (Å²) in [6, 6.07) is 30.5. The minimum atomic E-state index is -0.758. The minimum absolute atomic E-state index is 0.148. The first-order valence-electron chi connectivity index (χ1n) is 14.0. The second kappa shape index (κ2) is 13.4. The number of β-lactam (4-membered cyclic amide) rings is 1. The van der Waals surface area contributed by atoms with Gasteiger partial charge in [-0.05, 0) is 28.3 Å². The Bertz CT molecular complexity index is 1700. The van der Waals surface area contributed by atoms with E-state index in [1.807, 2.05) is 91.0 Å². The molecule has 0 saturated carbocycles. The maximum Gasteiger partial charge on any atom is 0.356 e. The van der Waals surface area contributed by atoms with Crippen LogP contribution >= 0.6 is 23.5 Å². The molecule has 2 amide bonds. The van der Waals surface area contributed by atoms with Gasteiger partial charge in [0.25, 0.3) is 5.91 Å². The van der Waals surface area contributed by atoms with Gasteiger partial charge in [0.05, 0.1) is 12.7 Å². The molecule has 6 rings (SSSR count). The largest absolute Gasteiger partial charge is 0.448 e. The van der Waals surface area contributed by atoms with E-state index in [9.17, 15) is 19.2 Å². The van der Waals surface area contributed by atoms with E-state index in [-0.39, 0.29) is 23.9 Å². The van der Waals surface area contributed by atoms with Gasteiger partial charge < -0.3 is 14.5 Å². The van der Waals surface area contributed by atoms with Gasteiger partial charge in [-0.1, -0.05) is 91.0 Å². The molecule has 3 heterocycles. The zero-order valence-electron chi connectivity index (χ0n) is 23.5. The van der Waals surface area contributed by atoms with E-state index in [4.69, 9.17) is 9.15 Å². The highest BCUT2D eigenvalue weighted by atomic mass is 32.2. The van der Waals surface area contributed by atoms with Gasteiger partial charge in [-0.2, -0.15) is 0 Å². The molecule has 1 saturated heterocycles. The molecule has 0 aliphatic carbocycles. The monoisotopic (exact) mass is 624 g/mol. The zero-order valence-corrected chi connectivity index (χ0v) is 25.1. The second-order valence-electron chi connectivity index (χ2n) is 10.3. The third-order valence-electron chi connectivity index (χ3n) is 7.28. The molecule has 1 fully saturated rings. The number of nitrogens with one attached hydrogen (secondary N) is 1. The Morgan fingerprint density at radius 3 is 2.20 bits per heavy atom. The van der Waals surface area contributed by atoms with E-state index in [1.54, 1.807) is 6.07 Å². The molecule has 1 aromatic heterocycles. The number of hydrogen-bond donors (Lipinski definition) is 1. The van der Waals surface area contributed by atoms with Crippen LogP contribution in [0.15, 0.2) is 135 Å². The van der Waals surface area contributed by atoms with Crippen molar-refractivity contribution in [3.8, 4) is 0 Å². The van der Waals surface area contributed by atoms with Gasteiger partial charge in [0, 0.05) is 22.5 Å². The van der Waals surface area contributed by atoms with Crippen molar-refractivity contribution in [1.29, 1.82) is 0 Å². The molecule has 222 valence electrons. The summed E-state index contributed by atoms with van der Waals surface area (Å²) in [5.74, 6) is -0.461. The molecule has 1 N–H and O–H groups in total. The number of hydrogen-bond acceptors (Lipinski definition) is 8. The van der Waals surface area contributed by atoms with Crippen LogP contribution in [0, 0.1) is 0 Å². The van der Waals surface area contributed by atoms with Crippen LogP contribution in [-0.2, 0) is 25.5 Å². The van der Waals surface area contributed by atoms with Crippen molar-refractivity contribution in [3.05, 3.63) is 148 Å². The van der Waals surface area contributed by atoms with E-state index >= 15 is 0 Å². The first-order chi connectivity index (χ1) is 21.5. The molecule has 8 nitrogen and oxygen atoms in total. The fraction of sp³-hybridized carbons (Fsp3) is 0.176. The van der Waals surface area contributed by atoms with Gasteiger partial charge in [-0.3, -0.25) is 14.5 Å². The third-order valence-corrected chi connectivity index (χ3v) is 9.70. The summed E-state index contributed by atoms with van der Waals surface area (Å²) in [6.45, 7) is 0. The van der Waals surface area contributed by atoms with Crippen molar-refractivity contribution < 1.29 is 23.5 Å². The van der Waals surface area contributed by atoms with E-state index in [2.05, 4.69) is 5.32 Å². The van der Waals surface area contributed by atoms with Gasteiger partial charge in [-0.25, -0.2) is 9.59 Å². The topological polar surface area (TPSA) is 106 Å². The summed E-state index contributed by atoms with van der Waals surface area (Å²) < 4.78 is 11.0. The average Bonchev–Trinajstić information content (AvgIpc) is 3.06. The molecule has 3 aromatic carbocycles. The molecule has 2 aliphatic heterocycles. The maximum atomic E-state index is 14.1. The van der Waals surface area contributed by atoms with E-state index in [0.29, 0.717) is 22.0 Å². The first-order valence-corrected chi connectivity index (χ1v) is 16.0. The summed E-state index contributed by atoms with van der Waals surface area (Å²) in [4.78, 5) is 54.4. The van der Waals surface area contributed by atoms with Crippen LogP contribution in [0.4, 0.5) is 0 Å². The van der Waals surface area contributed by atoms with Crippen molar-refractivity contribution in [2.24, 2.45) is 0 Å². The van der Waals surface area contributed by atoms with Crippen LogP contribution in [0.3, 0.4) is 0 Å². The highest BCUT2D eigenvalue weighted by molar-refractivity contribution is 8.01. The number of amides is 2.